The molecule has 3 N–H and O–H groups in total. The van der Waals surface area contributed by atoms with Gasteiger partial charge in [0.25, 0.3) is 0 Å². The highest BCUT2D eigenvalue weighted by molar-refractivity contribution is 5.95. The first-order valence-corrected chi connectivity index (χ1v) is 14.2. The lowest BCUT2D eigenvalue weighted by atomic mass is 9.96. The Labute approximate surface area is 265 Å². The molecule has 2 bridgehead atoms. The van der Waals surface area contributed by atoms with Crippen LogP contribution in [0.15, 0.2) is 102 Å². The van der Waals surface area contributed by atoms with Crippen molar-refractivity contribution >= 4 is 35.5 Å². The first-order valence-electron chi connectivity index (χ1n) is 14.2. The molecule has 1 aliphatic heterocycles. The number of hydrogen-bond donors (Lipinski definition) is 3. The number of amides is 2. The molecule has 2 amide bonds. The molecular formula is C34H34N2O10. The number of nitrogens with one attached hydrogen (secondary N) is 2. The minimum absolute atomic E-state index is 0.123. The number of fused-ring (bicyclic) bond motifs is 2. The van der Waals surface area contributed by atoms with Gasteiger partial charge in [0.15, 0.2) is 6.61 Å². The van der Waals surface area contributed by atoms with E-state index < -0.39 is 42.1 Å². The maximum absolute atomic E-state index is 12.8. The molecule has 2 aromatic rings. The fraction of sp³-hybridized carbons (Fsp3) is 0.235. The first-order chi connectivity index (χ1) is 22.0. The second-order valence-corrected chi connectivity index (χ2v) is 10.3. The Morgan fingerprint density at radius 2 is 1.65 bits per heavy atom. The van der Waals surface area contributed by atoms with Gasteiger partial charge in [-0.25, -0.2) is 19.2 Å². The molecule has 1 aliphatic carbocycles. The molecule has 12 nitrogen and oxygen atoms in total. The summed E-state index contributed by atoms with van der Waals surface area (Å²) in [6, 6.07) is 12.4. The molecule has 0 unspecified atom stereocenters. The highest BCUT2D eigenvalue weighted by Gasteiger charge is 2.47. The Hall–Kier alpha value is -5.78. The summed E-state index contributed by atoms with van der Waals surface area (Å²) in [5, 5.41) is 14.8. The molecule has 0 aromatic heterocycles. The highest BCUT2D eigenvalue weighted by atomic mass is 16.8. The van der Waals surface area contributed by atoms with Gasteiger partial charge in [0.05, 0.1) is 0 Å². The van der Waals surface area contributed by atoms with Crippen molar-refractivity contribution in [2.75, 3.05) is 30.5 Å². The normalized spacial score (nSPS) is 16.3. The number of benzene rings is 2. The predicted octanol–water partition coefficient (Wildman–Crippen LogP) is 5.97. The molecule has 0 radical (unpaired) electrons. The van der Waals surface area contributed by atoms with Crippen LogP contribution in [0.2, 0.25) is 0 Å². The molecule has 0 saturated heterocycles. The Morgan fingerprint density at radius 3 is 2.22 bits per heavy atom. The highest BCUT2D eigenvalue weighted by Crippen LogP contribution is 2.31. The average molecular weight is 631 g/mol. The van der Waals surface area contributed by atoms with Gasteiger partial charge < -0.3 is 28.8 Å². The van der Waals surface area contributed by atoms with E-state index in [1.807, 2.05) is 37.3 Å². The number of ether oxygens (including phenoxy) is 5. The van der Waals surface area contributed by atoms with Gasteiger partial charge in [-0.3, -0.25) is 10.6 Å². The van der Waals surface area contributed by atoms with Crippen molar-refractivity contribution in [3.63, 3.8) is 0 Å². The predicted molar refractivity (Wildman–Crippen MR) is 168 cm³/mol. The molecule has 0 saturated carbocycles. The van der Waals surface area contributed by atoms with Crippen molar-refractivity contribution in [3.05, 3.63) is 114 Å². The number of esters is 1. The monoisotopic (exact) mass is 630 g/mol. The van der Waals surface area contributed by atoms with Gasteiger partial charge in [-0.1, -0.05) is 43.0 Å². The number of carboxylic acid groups (broad SMARTS) is 1. The van der Waals surface area contributed by atoms with Crippen molar-refractivity contribution in [2.45, 2.75) is 32.5 Å². The van der Waals surface area contributed by atoms with E-state index in [-0.39, 0.29) is 13.2 Å². The number of allylic oxidation sites excluding steroid dienone is 5. The number of carbonyl (C=O) groups is 4. The molecule has 0 atom stereocenters. The largest absolute Gasteiger partial charge is 0.490 e. The van der Waals surface area contributed by atoms with E-state index >= 15 is 0 Å². The summed E-state index contributed by atoms with van der Waals surface area (Å²) < 4.78 is 27.1. The molecule has 4 rings (SSSR count). The fourth-order valence-corrected chi connectivity index (χ4v) is 4.55. The number of carboxylic acids is 1. The maximum Gasteiger partial charge on any atom is 0.415 e. The average Bonchev–Trinajstić information content (AvgIpc) is 3.03. The third-order valence-corrected chi connectivity index (χ3v) is 7.14. The van der Waals surface area contributed by atoms with E-state index in [0.29, 0.717) is 41.3 Å². The quantitative estimate of drug-likeness (QED) is 0.145. The fourth-order valence-electron chi connectivity index (χ4n) is 4.55. The van der Waals surface area contributed by atoms with Crippen molar-refractivity contribution < 1.29 is 48.0 Å². The molecule has 240 valence electrons. The maximum atomic E-state index is 12.8. The zero-order valence-electron chi connectivity index (χ0n) is 25.4. The van der Waals surface area contributed by atoms with Crippen LogP contribution in [-0.2, 0) is 35.0 Å². The van der Waals surface area contributed by atoms with E-state index in [4.69, 9.17) is 23.7 Å². The Balaban J connectivity index is 1.40. The zero-order valence-corrected chi connectivity index (χ0v) is 25.4. The second-order valence-electron chi connectivity index (χ2n) is 10.3. The van der Waals surface area contributed by atoms with Gasteiger partial charge in [-0.2, -0.15) is 0 Å². The van der Waals surface area contributed by atoms with Gasteiger partial charge in [-0.15, -0.1) is 0 Å². The number of carbonyl (C=O) groups excluding carboxylic acids is 3. The Morgan fingerprint density at radius 1 is 1.00 bits per heavy atom. The third-order valence-electron chi connectivity index (χ3n) is 7.14. The van der Waals surface area contributed by atoms with E-state index in [1.54, 1.807) is 37.3 Å². The molecule has 46 heavy (non-hydrogen) atoms. The van der Waals surface area contributed by atoms with Crippen molar-refractivity contribution in [3.8, 4) is 5.75 Å². The number of anilines is 2. The molecule has 0 spiro atoms. The van der Waals surface area contributed by atoms with Crippen LogP contribution in [-0.4, -0.2) is 54.8 Å². The molecular weight excluding hydrogens is 596 g/mol. The lowest BCUT2D eigenvalue weighted by Crippen LogP contribution is -2.49. The Bertz CT molecular complexity index is 1600. The molecule has 1 heterocycles. The lowest BCUT2D eigenvalue weighted by Gasteiger charge is -2.33. The minimum Gasteiger partial charge on any atom is -0.490 e. The SMILES string of the molecule is C=CC(=O)OCCOc1ccc(C/C(C)=C2/C=CC(OCC3(C(=C)C(=O)O)OC(=O)Nc4cccc(c4C)NC(=O)O3)=CC2)cc1. The summed E-state index contributed by atoms with van der Waals surface area (Å²) in [5.74, 6) is -3.55. The van der Waals surface area contributed by atoms with E-state index in [1.165, 1.54) is 0 Å². The number of hydrogen-bond acceptors (Lipinski definition) is 9. The van der Waals surface area contributed by atoms with Crippen LogP contribution in [0.3, 0.4) is 0 Å². The van der Waals surface area contributed by atoms with Crippen LogP contribution in [0.1, 0.15) is 24.5 Å². The summed E-state index contributed by atoms with van der Waals surface area (Å²) in [6.45, 7) is 10.2. The van der Waals surface area contributed by atoms with Crippen LogP contribution in [0.25, 0.3) is 0 Å². The summed E-state index contributed by atoms with van der Waals surface area (Å²) in [4.78, 5) is 48.8. The van der Waals surface area contributed by atoms with Gasteiger partial charge in [0, 0.05) is 17.5 Å². The molecule has 2 aromatic carbocycles. The number of rotatable bonds is 12. The molecule has 12 heteroatoms. The van der Waals surface area contributed by atoms with Crippen LogP contribution in [0.5, 0.6) is 5.75 Å². The minimum atomic E-state index is -2.49. The van der Waals surface area contributed by atoms with Crippen LogP contribution in [0, 0.1) is 6.92 Å². The number of aliphatic carboxylic acids is 1. The van der Waals surface area contributed by atoms with Crippen molar-refractivity contribution in [1.82, 2.24) is 0 Å². The van der Waals surface area contributed by atoms with Gasteiger partial charge in [-0.05, 0) is 79.8 Å². The van der Waals surface area contributed by atoms with Gasteiger partial charge in [0.2, 0.25) is 0 Å². The summed E-state index contributed by atoms with van der Waals surface area (Å²) in [5.41, 5.74) is 3.74. The summed E-state index contributed by atoms with van der Waals surface area (Å²) in [7, 11) is 0. The topological polar surface area (TPSA) is 159 Å². The molecule has 0 fully saturated rings. The third kappa shape index (κ3) is 8.44. The van der Waals surface area contributed by atoms with Gasteiger partial charge in [0.1, 0.15) is 30.3 Å². The smallest absolute Gasteiger partial charge is 0.415 e. The van der Waals surface area contributed by atoms with Gasteiger partial charge >= 0.3 is 29.9 Å². The first kappa shape index (κ1) is 33.1. The standard InChI is InChI=1S/C34H34N2O10/c1-5-30(37)43-18-17-42-26-13-9-24(10-14-26)19-21(2)25-11-15-27(16-12-25)44-20-34(23(4)31(38)39)45-32(40)35-28-7-6-8-29(22(28)3)36-33(41)46-34/h5-11,13-16H,1,4,12,17-20H2,2-3H3,(H,35,40)(H,36,41)(H,38,39)/b25-21-. The van der Waals surface area contributed by atoms with Crippen LogP contribution < -0.4 is 15.4 Å². The van der Waals surface area contributed by atoms with Crippen LogP contribution >= 0.6 is 0 Å². The number of cyclic esters (lactones) is 2. The molecule has 2 aliphatic rings. The summed E-state index contributed by atoms with van der Waals surface area (Å²) >= 11 is 0. The lowest BCUT2D eigenvalue weighted by molar-refractivity contribution is -0.168. The van der Waals surface area contributed by atoms with Crippen LogP contribution in [0.4, 0.5) is 21.0 Å². The van der Waals surface area contributed by atoms with Crippen molar-refractivity contribution in [2.24, 2.45) is 0 Å². The second kappa shape index (κ2) is 14.8. The van der Waals surface area contributed by atoms with E-state index in [2.05, 4.69) is 23.8 Å². The zero-order chi connectivity index (χ0) is 33.3. The van der Waals surface area contributed by atoms with E-state index in [0.717, 1.165) is 22.8 Å². The summed E-state index contributed by atoms with van der Waals surface area (Å²) in [6.07, 6.45) is 5.48. The van der Waals surface area contributed by atoms with E-state index in [9.17, 15) is 24.3 Å². The Kier molecular flexibility index (Phi) is 10.7. The van der Waals surface area contributed by atoms with Crippen molar-refractivity contribution in [1.29, 1.82) is 0 Å².